The van der Waals surface area contributed by atoms with Crippen molar-refractivity contribution in [2.45, 2.75) is 0 Å². The smallest absolute Gasteiger partial charge is 0.102 e. The summed E-state index contributed by atoms with van der Waals surface area (Å²) in [7, 11) is 0. The molecule has 3 rings (SSSR count). The van der Waals surface area contributed by atoms with Gasteiger partial charge in [-0.3, -0.25) is 4.98 Å². The topological polar surface area (TPSA) is 36.7 Å². The first-order valence-corrected chi connectivity index (χ1v) is 6.03. The molecule has 3 heteroatoms. The van der Waals surface area contributed by atoms with Crippen molar-refractivity contribution in [3.05, 3.63) is 54.4 Å². The molecule has 3 aromatic rings. The fraction of sp³-hybridized carbons (Fsp3) is 0. The van der Waals surface area contributed by atoms with Crippen molar-refractivity contribution in [2.24, 2.45) is 0 Å². The second kappa shape index (κ2) is 4.00. The van der Waals surface area contributed by atoms with Crippen molar-refractivity contribution in [3.63, 3.8) is 0 Å². The quantitative estimate of drug-likeness (QED) is 0.643. The maximum absolute atomic E-state index is 9.03. The Hall–Kier alpha value is -2.18. The molecule has 0 saturated carbocycles. The van der Waals surface area contributed by atoms with Gasteiger partial charge in [0, 0.05) is 22.7 Å². The standard InChI is InChI=1S/C14H8N2S/c15-7-12-9-16-8-11-6-13(17-14(11)12)10-4-2-1-3-5-10/h1-6,8-9H. The van der Waals surface area contributed by atoms with E-state index in [4.69, 9.17) is 5.26 Å². The molecule has 0 amide bonds. The van der Waals surface area contributed by atoms with Crippen LogP contribution in [0.4, 0.5) is 0 Å². The Bertz CT molecular complexity index is 708. The zero-order valence-corrected chi connectivity index (χ0v) is 9.74. The van der Waals surface area contributed by atoms with Crippen LogP contribution < -0.4 is 0 Å². The highest BCUT2D eigenvalue weighted by molar-refractivity contribution is 7.22. The van der Waals surface area contributed by atoms with E-state index >= 15 is 0 Å². The molecule has 0 aliphatic rings. The summed E-state index contributed by atoms with van der Waals surface area (Å²) in [4.78, 5) is 5.25. The molecule has 0 saturated heterocycles. The van der Waals surface area contributed by atoms with E-state index in [1.165, 1.54) is 10.4 Å². The minimum Gasteiger partial charge on any atom is -0.263 e. The Labute approximate surface area is 103 Å². The molecular weight excluding hydrogens is 228 g/mol. The molecule has 0 spiro atoms. The first-order chi connectivity index (χ1) is 8.38. The maximum atomic E-state index is 9.03. The maximum Gasteiger partial charge on any atom is 0.102 e. The molecule has 80 valence electrons. The van der Waals surface area contributed by atoms with Crippen LogP contribution in [0.2, 0.25) is 0 Å². The van der Waals surface area contributed by atoms with Gasteiger partial charge in [-0.25, -0.2) is 0 Å². The van der Waals surface area contributed by atoms with Crippen LogP contribution in [-0.2, 0) is 0 Å². The average Bonchev–Trinajstić information content (AvgIpc) is 2.83. The van der Waals surface area contributed by atoms with Gasteiger partial charge in [-0.05, 0) is 11.6 Å². The molecule has 1 aromatic carbocycles. The lowest BCUT2D eigenvalue weighted by Gasteiger charge is -1.93. The van der Waals surface area contributed by atoms with Crippen molar-refractivity contribution >= 4 is 21.4 Å². The fourth-order valence-corrected chi connectivity index (χ4v) is 2.88. The Morgan fingerprint density at radius 2 is 1.94 bits per heavy atom. The van der Waals surface area contributed by atoms with E-state index in [1.807, 2.05) is 18.2 Å². The molecular formula is C14H8N2S. The molecule has 2 aromatic heterocycles. The van der Waals surface area contributed by atoms with Gasteiger partial charge in [-0.1, -0.05) is 30.3 Å². The molecule has 2 heterocycles. The summed E-state index contributed by atoms with van der Waals surface area (Å²) < 4.78 is 1.02. The van der Waals surface area contributed by atoms with Gasteiger partial charge in [0.05, 0.1) is 10.3 Å². The molecule has 0 radical (unpaired) electrons. The first-order valence-electron chi connectivity index (χ1n) is 5.21. The van der Waals surface area contributed by atoms with Crippen LogP contribution in [0.1, 0.15) is 5.56 Å². The average molecular weight is 236 g/mol. The number of aromatic nitrogens is 1. The monoisotopic (exact) mass is 236 g/mol. The van der Waals surface area contributed by atoms with Gasteiger partial charge in [-0.15, -0.1) is 11.3 Å². The lowest BCUT2D eigenvalue weighted by Crippen LogP contribution is -1.75. The van der Waals surface area contributed by atoms with E-state index < -0.39 is 0 Å². The number of thiophene rings is 1. The van der Waals surface area contributed by atoms with Crippen LogP contribution in [0.5, 0.6) is 0 Å². The van der Waals surface area contributed by atoms with E-state index in [0.717, 1.165) is 10.1 Å². The highest BCUT2D eigenvalue weighted by atomic mass is 32.1. The third kappa shape index (κ3) is 1.69. The number of rotatable bonds is 1. The molecule has 0 fully saturated rings. The van der Waals surface area contributed by atoms with Crippen molar-refractivity contribution in [1.29, 1.82) is 5.26 Å². The molecule has 0 N–H and O–H groups in total. The molecule has 0 bridgehead atoms. The van der Waals surface area contributed by atoms with Gasteiger partial charge in [0.15, 0.2) is 0 Å². The fourth-order valence-electron chi connectivity index (χ4n) is 1.79. The van der Waals surface area contributed by atoms with Crippen molar-refractivity contribution < 1.29 is 0 Å². The Morgan fingerprint density at radius 3 is 2.71 bits per heavy atom. The van der Waals surface area contributed by atoms with E-state index in [0.29, 0.717) is 5.56 Å². The third-order valence-electron chi connectivity index (χ3n) is 2.60. The number of hydrogen-bond acceptors (Lipinski definition) is 3. The van der Waals surface area contributed by atoms with Crippen LogP contribution >= 0.6 is 11.3 Å². The van der Waals surface area contributed by atoms with Crippen LogP contribution in [0.15, 0.2) is 48.8 Å². The van der Waals surface area contributed by atoms with Crippen LogP contribution in [0.25, 0.3) is 20.5 Å². The van der Waals surface area contributed by atoms with Gasteiger partial charge >= 0.3 is 0 Å². The van der Waals surface area contributed by atoms with E-state index in [1.54, 1.807) is 23.7 Å². The molecule has 0 unspecified atom stereocenters. The van der Waals surface area contributed by atoms with Gasteiger partial charge in [0.1, 0.15) is 6.07 Å². The summed E-state index contributed by atoms with van der Waals surface area (Å²) in [5, 5.41) is 10.1. The minimum absolute atomic E-state index is 0.648. The van der Waals surface area contributed by atoms with Gasteiger partial charge in [0.25, 0.3) is 0 Å². The molecule has 2 nitrogen and oxygen atoms in total. The van der Waals surface area contributed by atoms with Crippen molar-refractivity contribution in [2.75, 3.05) is 0 Å². The lowest BCUT2D eigenvalue weighted by atomic mass is 10.1. The summed E-state index contributed by atoms with van der Waals surface area (Å²) >= 11 is 1.64. The van der Waals surface area contributed by atoms with E-state index in [-0.39, 0.29) is 0 Å². The highest BCUT2D eigenvalue weighted by Crippen LogP contribution is 2.34. The second-order valence-electron chi connectivity index (χ2n) is 3.69. The predicted octanol–water partition coefficient (Wildman–Crippen LogP) is 3.83. The molecule has 17 heavy (non-hydrogen) atoms. The van der Waals surface area contributed by atoms with Crippen molar-refractivity contribution in [3.8, 4) is 16.5 Å². The van der Waals surface area contributed by atoms with Crippen LogP contribution in [-0.4, -0.2) is 4.98 Å². The zero-order valence-electron chi connectivity index (χ0n) is 8.92. The van der Waals surface area contributed by atoms with Crippen molar-refractivity contribution in [1.82, 2.24) is 4.98 Å². The normalized spacial score (nSPS) is 10.3. The summed E-state index contributed by atoms with van der Waals surface area (Å²) in [6, 6.07) is 14.4. The van der Waals surface area contributed by atoms with E-state index in [2.05, 4.69) is 29.3 Å². The van der Waals surface area contributed by atoms with E-state index in [9.17, 15) is 0 Å². The summed E-state index contributed by atoms with van der Waals surface area (Å²) in [6.45, 7) is 0. The summed E-state index contributed by atoms with van der Waals surface area (Å²) in [6.07, 6.45) is 3.42. The Kier molecular flexibility index (Phi) is 2.36. The zero-order chi connectivity index (χ0) is 11.7. The van der Waals surface area contributed by atoms with Crippen LogP contribution in [0.3, 0.4) is 0 Å². The predicted molar refractivity (Wildman–Crippen MR) is 69.8 cm³/mol. The second-order valence-corrected chi connectivity index (χ2v) is 4.75. The van der Waals surface area contributed by atoms with Gasteiger partial charge in [0.2, 0.25) is 0 Å². The Morgan fingerprint density at radius 1 is 1.12 bits per heavy atom. The Balaban J connectivity index is 2.25. The minimum atomic E-state index is 0.648. The summed E-state index contributed by atoms with van der Waals surface area (Å²) in [5.41, 5.74) is 1.83. The highest BCUT2D eigenvalue weighted by Gasteiger charge is 2.07. The molecule has 0 aliphatic heterocycles. The largest absolute Gasteiger partial charge is 0.263 e. The first kappa shape index (κ1) is 10.0. The van der Waals surface area contributed by atoms with Gasteiger partial charge in [-0.2, -0.15) is 5.26 Å². The lowest BCUT2D eigenvalue weighted by molar-refractivity contribution is 1.34. The van der Waals surface area contributed by atoms with Gasteiger partial charge < -0.3 is 0 Å². The molecule has 0 aliphatic carbocycles. The summed E-state index contributed by atoms with van der Waals surface area (Å²) in [5.74, 6) is 0. The number of fused-ring (bicyclic) bond motifs is 1. The number of benzene rings is 1. The number of hydrogen-bond donors (Lipinski definition) is 0. The molecule has 0 atom stereocenters. The number of nitriles is 1. The van der Waals surface area contributed by atoms with Crippen LogP contribution in [0, 0.1) is 11.3 Å². The number of nitrogens with zero attached hydrogens (tertiary/aromatic N) is 2. The number of pyridine rings is 1. The SMILES string of the molecule is N#Cc1cncc2cc(-c3ccccc3)sc12. The third-order valence-corrected chi connectivity index (χ3v) is 3.83.